The molecule has 1 saturated heterocycles. The number of hydrogen-bond acceptors (Lipinski definition) is 6. The standard InChI is InChI=1S/C19H23N5O4S/c25-19(16-9-13-3-1-2-4-15(13)21-16)23-6-7-24-17(11-23)18(10-20-24)29(26,27)22-14-5-8-28-12-14/h1-3,9-10,14-15,21-22H,4-8,11-12H2. The monoisotopic (exact) mass is 417 g/mol. The maximum atomic E-state index is 13.1. The number of nitrogens with one attached hydrogen (secondary N) is 2. The van der Waals surface area contributed by atoms with Gasteiger partial charge in [-0.25, -0.2) is 13.1 Å². The molecule has 1 aliphatic carbocycles. The van der Waals surface area contributed by atoms with Crippen LogP contribution in [0.4, 0.5) is 0 Å². The topological polar surface area (TPSA) is 106 Å². The second-order valence-electron chi connectivity index (χ2n) is 7.67. The van der Waals surface area contributed by atoms with Crippen molar-refractivity contribution in [2.75, 3.05) is 19.8 Å². The number of nitrogens with zero attached hydrogens (tertiary/aromatic N) is 3. The number of ether oxygens (including phenoxy) is 1. The van der Waals surface area contributed by atoms with Crippen molar-refractivity contribution in [3.63, 3.8) is 0 Å². The van der Waals surface area contributed by atoms with E-state index in [4.69, 9.17) is 4.74 Å². The number of allylic oxidation sites excluding steroid dienone is 2. The number of carbonyl (C=O) groups is 1. The molecule has 1 fully saturated rings. The van der Waals surface area contributed by atoms with Crippen LogP contribution in [0.5, 0.6) is 0 Å². The average Bonchev–Trinajstić information content (AvgIpc) is 3.45. The Labute approximate surface area is 169 Å². The molecule has 29 heavy (non-hydrogen) atoms. The van der Waals surface area contributed by atoms with Crippen LogP contribution in [0.1, 0.15) is 18.5 Å². The minimum atomic E-state index is -3.73. The Kier molecular flexibility index (Phi) is 4.56. The Hall–Kier alpha value is -2.43. The highest BCUT2D eigenvalue weighted by Crippen LogP contribution is 2.26. The lowest BCUT2D eigenvalue weighted by Gasteiger charge is -2.29. The smallest absolute Gasteiger partial charge is 0.270 e. The van der Waals surface area contributed by atoms with Crippen molar-refractivity contribution >= 4 is 15.9 Å². The van der Waals surface area contributed by atoms with Crippen LogP contribution < -0.4 is 10.0 Å². The van der Waals surface area contributed by atoms with E-state index in [1.54, 1.807) is 9.58 Å². The number of sulfonamides is 1. The van der Waals surface area contributed by atoms with Crippen LogP contribution in [0.15, 0.2) is 46.7 Å². The molecule has 4 aliphatic rings. The quantitative estimate of drug-likeness (QED) is 0.716. The van der Waals surface area contributed by atoms with Crippen molar-refractivity contribution < 1.29 is 17.9 Å². The molecule has 5 rings (SSSR count). The van der Waals surface area contributed by atoms with Gasteiger partial charge in [-0.05, 0) is 24.5 Å². The van der Waals surface area contributed by atoms with Gasteiger partial charge in [-0.1, -0.05) is 18.2 Å². The highest BCUT2D eigenvalue weighted by molar-refractivity contribution is 7.89. The second-order valence-corrected chi connectivity index (χ2v) is 9.36. The molecule has 0 radical (unpaired) electrons. The summed E-state index contributed by atoms with van der Waals surface area (Å²) in [6.07, 6.45) is 10.8. The highest BCUT2D eigenvalue weighted by atomic mass is 32.2. The summed E-state index contributed by atoms with van der Waals surface area (Å²) in [5, 5.41) is 7.51. The van der Waals surface area contributed by atoms with Crippen LogP contribution in [0.3, 0.4) is 0 Å². The van der Waals surface area contributed by atoms with Crippen molar-refractivity contribution in [1.29, 1.82) is 0 Å². The zero-order valence-corrected chi connectivity index (χ0v) is 16.7. The number of hydrogen-bond donors (Lipinski definition) is 2. The van der Waals surface area contributed by atoms with E-state index in [9.17, 15) is 13.2 Å². The van der Waals surface area contributed by atoms with Gasteiger partial charge in [0.1, 0.15) is 10.6 Å². The molecular weight excluding hydrogens is 394 g/mol. The largest absolute Gasteiger partial charge is 0.380 e. The number of amides is 1. The summed E-state index contributed by atoms with van der Waals surface area (Å²) in [7, 11) is -3.73. The van der Waals surface area contributed by atoms with Crippen LogP contribution in [0, 0.1) is 0 Å². The first-order valence-electron chi connectivity index (χ1n) is 9.80. The Bertz CT molecular complexity index is 1030. The van der Waals surface area contributed by atoms with Gasteiger partial charge in [-0.3, -0.25) is 9.48 Å². The van der Waals surface area contributed by atoms with Gasteiger partial charge in [-0.2, -0.15) is 5.10 Å². The molecule has 0 aromatic carbocycles. The minimum Gasteiger partial charge on any atom is -0.380 e. The lowest BCUT2D eigenvalue weighted by atomic mass is 10.0. The molecule has 0 spiro atoms. The fraction of sp³-hybridized carbons (Fsp3) is 0.474. The summed E-state index contributed by atoms with van der Waals surface area (Å²) in [6, 6.07) is -0.0852. The predicted octanol–water partition coefficient (Wildman–Crippen LogP) is 0.0345. The Morgan fingerprint density at radius 3 is 3.03 bits per heavy atom. The van der Waals surface area contributed by atoms with Crippen molar-refractivity contribution in [2.24, 2.45) is 0 Å². The second kappa shape index (κ2) is 7.12. The molecule has 1 amide bonds. The number of carbonyl (C=O) groups excluding carboxylic acids is 1. The molecule has 10 heteroatoms. The first-order valence-corrected chi connectivity index (χ1v) is 11.3. The van der Waals surface area contributed by atoms with E-state index in [1.807, 2.05) is 18.2 Å². The molecule has 4 heterocycles. The third-order valence-corrected chi connectivity index (χ3v) is 7.29. The summed E-state index contributed by atoms with van der Waals surface area (Å²) >= 11 is 0. The highest BCUT2D eigenvalue weighted by Gasteiger charge is 2.34. The molecule has 1 aromatic heterocycles. The van der Waals surface area contributed by atoms with Crippen LogP contribution in [0.25, 0.3) is 0 Å². The molecule has 1 aromatic rings. The maximum absolute atomic E-state index is 13.1. The van der Waals surface area contributed by atoms with Crippen molar-refractivity contribution in [1.82, 2.24) is 24.7 Å². The van der Waals surface area contributed by atoms with Crippen LogP contribution >= 0.6 is 0 Å². The minimum absolute atomic E-state index is 0.117. The van der Waals surface area contributed by atoms with Crippen molar-refractivity contribution in [3.8, 4) is 0 Å². The van der Waals surface area contributed by atoms with E-state index in [0.29, 0.717) is 44.1 Å². The first kappa shape index (κ1) is 18.6. The third kappa shape index (κ3) is 3.41. The zero-order chi connectivity index (χ0) is 20.0. The molecule has 2 atom stereocenters. The van der Waals surface area contributed by atoms with Crippen molar-refractivity contribution in [3.05, 3.63) is 47.5 Å². The normalized spacial score (nSPS) is 25.9. The molecule has 2 N–H and O–H groups in total. The fourth-order valence-corrected chi connectivity index (χ4v) is 5.57. The lowest BCUT2D eigenvalue weighted by molar-refractivity contribution is -0.129. The van der Waals surface area contributed by atoms with Crippen molar-refractivity contribution in [2.45, 2.75) is 42.9 Å². The summed E-state index contributed by atoms with van der Waals surface area (Å²) in [4.78, 5) is 14.9. The number of fused-ring (bicyclic) bond motifs is 2. The Morgan fingerprint density at radius 1 is 1.34 bits per heavy atom. The summed E-state index contributed by atoms with van der Waals surface area (Å²) in [5.74, 6) is -0.117. The molecule has 0 saturated carbocycles. The van der Waals surface area contributed by atoms with E-state index in [1.165, 1.54) is 6.20 Å². The summed E-state index contributed by atoms with van der Waals surface area (Å²) in [6.45, 7) is 2.08. The SMILES string of the molecule is O=C(C1=CC2=CC=CCC2N1)N1CCn2ncc(S(=O)(=O)NC3CCOC3)c2C1. The van der Waals surface area contributed by atoms with Gasteiger partial charge < -0.3 is 15.0 Å². The summed E-state index contributed by atoms with van der Waals surface area (Å²) < 4.78 is 35.3. The fourth-order valence-electron chi connectivity index (χ4n) is 4.16. The van der Waals surface area contributed by atoms with Gasteiger partial charge in [0, 0.05) is 19.2 Å². The van der Waals surface area contributed by atoms with E-state index in [-0.39, 0.29) is 29.4 Å². The molecule has 2 unspecified atom stereocenters. The van der Waals surface area contributed by atoms with Gasteiger partial charge in [0.05, 0.1) is 37.6 Å². The van der Waals surface area contributed by atoms with E-state index in [0.717, 1.165) is 12.0 Å². The van der Waals surface area contributed by atoms with Crippen LogP contribution in [-0.4, -0.2) is 60.8 Å². The Balaban J connectivity index is 1.35. The number of aromatic nitrogens is 2. The van der Waals surface area contributed by atoms with Gasteiger partial charge >= 0.3 is 0 Å². The van der Waals surface area contributed by atoms with Crippen LogP contribution in [-0.2, 0) is 32.6 Å². The molecule has 3 aliphatic heterocycles. The van der Waals surface area contributed by atoms with Gasteiger partial charge in [0.2, 0.25) is 10.0 Å². The van der Waals surface area contributed by atoms with E-state index < -0.39 is 10.0 Å². The Morgan fingerprint density at radius 2 is 2.24 bits per heavy atom. The van der Waals surface area contributed by atoms with E-state index >= 15 is 0 Å². The van der Waals surface area contributed by atoms with E-state index in [2.05, 4.69) is 21.2 Å². The van der Waals surface area contributed by atoms with Crippen LogP contribution in [0.2, 0.25) is 0 Å². The average molecular weight is 417 g/mol. The molecular formula is C19H23N5O4S. The van der Waals surface area contributed by atoms with Gasteiger partial charge in [0.25, 0.3) is 5.91 Å². The van der Waals surface area contributed by atoms with Gasteiger partial charge in [-0.15, -0.1) is 0 Å². The first-order chi connectivity index (χ1) is 14.0. The van der Waals surface area contributed by atoms with Gasteiger partial charge in [0.15, 0.2) is 0 Å². The predicted molar refractivity (Wildman–Crippen MR) is 104 cm³/mol. The number of rotatable bonds is 4. The summed E-state index contributed by atoms with van der Waals surface area (Å²) in [5.41, 5.74) is 2.20. The molecule has 154 valence electrons. The third-order valence-electron chi connectivity index (χ3n) is 5.73. The zero-order valence-electron chi connectivity index (χ0n) is 15.9. The molecule has 9 nitrogen and oxygen atoms in total. The lowest BCUT2D eigenvalue weighted by Crippen LogP contribution is -2.42. The molecule has 0 bridgehead atoms. The maximum Gasteiger partial charge on any atom is 0.270 e.